The summed E-state index contributed by atoms with van der Waals surface area (Å²) < 4.78 is 33.9. The van der Waals surface area contributed by atoms with Crippen molar-refractivity contribution in [2.75, 3.05) is 19.6 Å². The van der Waals surface area contributed by atoms with Gasteiger partial charge in [0.1, 0.15) is 17.5 Å². The second kappa shape index (κ2) is 10.9. The summed E-state index contributed by atoms with van der Waals surface area (Å²) in [5.74, 6) is -0.393. The van der Waals surface area contributed by atoms with Crippen LogP contribution in [0.5, 0.6) is 5.75 Å². The zero-order valence-corrected chi connectivity index (χ0v) is 23.1. The third-order valence-electron chi connectivity index (χ3n) is 6.89. The van der Waals surface area contributed by atoms with E-state index in [4.69, 9.17) is 9.72 Å². The van der Waals surface area contributed by atoms with E-state index in [-0.39, 0.29) is 18.8 Å². The van der Waals surface area contributed by atoms with Gasteiger partial charge in [-0.05, 0) is 68.1 Å². The molecule has 2 aromatic carbocycles. The maximum Gasteiger partial charge on any atom is 0.407 e. The van der Waals surface area contributed by atoms with Gasteiger partial charge in [-0.2, -0.15) is 5.10 Å². The van der Waals surface area contributed by atoms with Crippen LogP contribution in [0.3, 0.4) is 0 Å². The molecule has 4 N–H and O–H groups in total. The molecule has 9 nitrogen and oxygen atoms in total. The molecular formula is C29H34F2N6O3. The lowest BCUT2D eigenvalue weighted by molar-refractivity contribution is 0.0505. The molecule has 0 spiro atoms. The Balaban J connectivity index is 1.28. The first-order valence-electron chi connectivity index (χ1n) is 13.4. The summed E-state index contributed by atoms with van der Waals surface area (Å²) in [7, 11) is 0. The number of fused-ring (bicyclic) bond motifs is 2. The molecule has 3 heterocycles. The number of hydrogen-bond acceptors (Lipinski definition) is 6. The van der Waals surface area contributed by atoms with Gasteiger partial charge in [0, 0.05) is 37.1 Å². The molecule has 0 aliphatic carbocycles. The number of nitrogens with one attached hydrogen (secondary N) is 3. The van der Waals surface area contributed by atoms with Crippen molar-refractivity contribution in [3.8, 4) is 28.4 Å². The second-order valence-electron chi connectivity index (χ2n) is 11.1. The van der Waals surface area contributed by atoms with Crippen molar-refractivity contribution in [3.63, 3.8) is 0 Å². The number of hydrogen-bond donors (Lipinski definition) is 4. The molecule has 11 heteroatoms. The summed E-state index contributed by atoms with van der Waals surface area (Å²) in [5.41, 5.74) is 5.02. The summed E-state index contributed by atoms with van der Waals surface area (Å²) in [6, 6.07) is 8.56. The maximum absolute atomic E-state index is 14.6. The van der Waals surface area contributed by atoms with Crippen LogP contribution >= 0.6 is 0 Å². The number of benzene rings is 2. The number of aromatic amines is 2. The van der Waals surface area contributed by atoms with Gasteiger partial charge in [0.15, 0.2) is 17.4 Å². The Morgan fingerprint density at radius 2 is 2.08 bits per heavy atom. The van der Waals surface area contributed by atoms with Crippen molar-refractivity contribution < 1.29 is 23.4 Å². The molecule has 1 aliphatic rings. The quantitative estimate of drug-likeness (QED) is 0.249. The predicted octanol–water partition coefficient (Wildman–Crippen LogP) is 5.25. The molecule has 1 amide bonds. The molecule has 1 atom stereocenters. The number of aromatic hydroxyl groups is 1. The fourth-order valence-corrected chi connectivity index (χ4v) is 5.00. The van der Waals surface area contributed by atoms with E-state index in [1.807, 2.05) is 30.0 Å². The van der Waals surface area contributed by atoms with Crippen molar-refractivity contribution in [2.45, 2.75) is 58.9 Å². The van der Waals surface area contributed by atoms with Gasteiger partial charge in [0.2, 0.25) is 0 Å². The van der Waals surface area contributed by atoms with Crippen LogP contribution in [0.2, 0.25) is 0 Å². The van der Waals surface area contributed by atoms with Gasteiger partial charge in [-0.1, -0.05) is 13.0 Å². The van der Waals surface area contributed by atoms with Crippen LogP contribution < -0.4 is 5.32 Å². The van der Waals surface area contributed by atoms with E-state index in [9.17, 15) is 18.7 Å². The van der Waals surface area contributed by atoms with E-state index in [2.05, 4.69) is 20.5 Å². The molecule has 0 saturated carbocycles. The van der Waals surface area contributed by atoms with Crippen LogP contribution in [0.1, 0.15) is 44.6 Å². The largest absolute Gasteiger partial charge is 0.505 e. The summed E-state index contributed by atoms with van der Waals surface area (Å²) in [4.78, 5) is 21.9. The molecule has 4 aromatic rings. The number of H-pyrrole nitrogens is 2. The molecule has 0 bridgehead atoms. The fourth-order valence-electron chi connectivity index (χ4n) is 5.00. The SMILES string of the molecule is CCc1cc(O)c(F)cc1-c1ccc2c(-c3nc4c([nH]3)CCN(CC(F)CNC(=O)OC(C)(C)C)C4)n[nH]c2c1. The smallest absolute Gasteiger partial charge is 0.407 e. The normalized spacial score (nSPS) is 14.8. The zero-order valence-electron chi connectivity index (χ0n) is 23.1. The van der Waals surface area contributed by atoms with E-state index >= 15 is 0 Å². The number of imidazole rings is 1. The molecule has 40 heavy (non-hydrogen) atoms. The first kappa shape index (κ1) is 27.6. The van der Waals surface area contributed by atoms with E-state index in [0.717, 1.165) is 39.0 Å². The standard InChI is InChI=1S/C29H34F2N6O3/c1-5-16-11-25(38)21(31)12-20(16)17-6-7-19-23(10-17)35-36-26(19)27-33-22-8-9-37(15-24(22)34-27)14-18(30)13-32-28(39)40-29(2,3)4/h6-7,10-12,18,38H,5,8-9,13-15H2,1-4H3,(H,32,39)(H,33,34)(H,35,36). The van der Waals surface area contributed by atoms with Crippen molar-refractivity contribution in [1.29, 1.82) is 0 Å². The van der Waals surface area contributed by atoms with Crippen molar-refractivity contribution >= 4 is 17.0 Å². The molecule has 1 unspecified atom stereocenters. The first-order valence-corrected chi connectivity index (χ1v) is 13.4. The van der Waals surface area contributed by atoms with Crippen molar-refractivity contribution in [1.82, 2.24) is 30.4 Å². The number of amides is 1. The third kappa shape index (κ3) is 5.94. The van der Waals surface area contributed by atoms with Crippen LogP contribution in [0.15, 0.2) is 30.3 Å². The minimum Gasteiger partial charge on any atom is -0.505 e. The molecule has 5 rings (SSSR count). The summed E-state index contributed by atoms with van der Waals surface area (Å²) in [6.45, 7) is 8.42. The summed E-state index contributed by atoms with van der Waals surface area (Å²) >= 11 is 0. The molecule has 212 valence electrons. The number of rotatable bonds is 7. The lowest BCUT2D eigenvalue weighted by Crippen LogP contribution is -2.41. The Bertz CT molecular complexity index is 1540. The van der Waals surface area contributed by atoms with E-state index < -0.39 is 23.7 Å². The van der Waals surface area contributed by atoms with E-state index in [0.29, 0.717) is 37.4 Å². The number of halogens is 2. The lowest BCUT2D eigenvalue weighted by Gasteiger charge is -2.27. The Labute approximate surface area is 231 Å². The van der Waals surface area contributed by atoms with Crippen LogP contribution in [-0.4, -0.2) is 67.7 Å². The van der Waals surface area contributed by atoms with Gasteiger partial charge in [0.25, 0.3) is 0 Å². The number of ether oxygens (including phenoxy) is 1. The number of aryl methyl sites for hydroxylation is 1. The highest BCUT2D eigenvalue weighted by Gasteiger charge is 2.25. The Morgan fingerprint density at radius 1 is 1.27 bits per heavy atom. The minimum absolute atomic E-state index is 0.123. The van der Waals surface area contributed by atoms with Crippen LogP contribution in [0, 0.1) is 5.82 Å². The third-order valence-corrected chi connectivity index (χ3v) is 6.89. The number of phenols is 1. The number of carbonyl (C=O) groups excluding carboxylic acids is 1. The Hall–Kier alpha value is -3.99. The van der Waals surface area contributed by atoms with E-state index in [1.54, 1.807) is 20.8 Å². The predicted molar refractivity (Wildman–Crippen MR) is 148 cm³/mol. The van der Waals surface area contributed by atoms with Gasteiger partial charge in [-0.3, -0.25) is 10.00 Å². The summed E-state index contributed by atoms with van der Waals surface area (Å²) in [6.07, 6.45) is -0.541. The average Bonchev–Trinajstić information content (AvgIpc) is 3.51. The van der Waals surface area contributed by atoms with Crippen LogP contribution in [-0.2, 0) is 24.1 Å². The second-order valence-corrected chi connectivity index (χ2v) is 11.1. The highest BCUT2D eigenvalue weighted by atomic mass is 19.1. The monoisotopic (exact) mass is 552 g/mol. The van der Waals surface area contributed by atoms with Gasteiger partial charge in [0.05, 0.1) is 17.8 Å². The molecule has 0 saturated heterocycles. The van der Waals surface area contributed by atoms with Gasteiger partial charge >= 0.3 is 6.09 Å². The maximum atomic E-state index is 14.6. The van der Waals surface area contributed by atoms with Gasteiger partial charge in [-0.15, -0.1) is 0 Å². The van der Waals surface area contributed by atoms with Gasteiger partial charge in [-0.25, -0.2) is 18.6 Å². The first-order chi connectivity index (χ1) is 19.0. The Morgan fingerprint density at radius 3 is 2.83 bits per heavy atom. The summed E-state index contributed by atoms with van der Waals surface area (Å²) in [5, 5.41) is 20.7. The van der Waals surface area contributed by atoms with Crippen LogP contribution in [0.25, 0.3) is 33.5 Å². The molecule has 0 fully saturated rings. The molecule has 0 radical (unpaired) electrons. The number of carbonyl (C=O) groups is 1. The number of aromatic nitrogens is 4. The number of alkyl carbamates (subject to hydrolysis) is 1. The number of phenolic OH excluding ortho intramolecular Hbond substituents is 1. The number of nitrogens with zero attached hydrogens (tertiary/aromatic N) is 3. The minimum atomic E-state index is -1.24. The molecule has 1 aliphatic heterocycles. The van der Waals surface area contributed by atoms with Crippen LogP contribution in [0.4, 0.5) is 13.6 Å². The number of alkyl halides is 1. The highest BCUT2D eigenvalue weighted by molar-refractivity contribution is 5.94. The topological polar surface area (TPSA) is 119 Å². The fraction of sp³-hybridized carbons (Fsp3) is 0.414. The van der Waals surface area contributed by atoms with Gasteiger partial charge < -0.3 is 20.1 Å². The molecule has 2 aromatic heterocycles. The zero-order chi connectivity index (χ0) is 28.6. The van der Waals surface area contributed by atoms with Crippen molar-refractivity contribution in [3.05, 3.63) is 53.1 Å². The average molecular weight is 553 g/mol. The Kier molecular flexibility index (Phi) is 7.50. The highest BCUT2D eigenvalue weighted by Crippen LogP contribution is 2.34. The van der Waals surface area contributed by atoms with Crippen molar-refractivity contribution in [2.24, 2.45) is 0 Å². The molecular weight excluding hydrogens is 518 g/mol. The lowest BCUT2D eigenvalue weighted by atomic mass is 9.96. The van der Waals surface area contributed by atoms with E-state index in [1.165, 1.54) is 12.1 Å².